The van der Waals surface area contributed by atoms with Crippen molar-refractivity contribution in [2.24, 2.45) is 5.92 Å². The molecule has 1 saturated heterocycles. The zero-order chi connectivity index (χ0) is 16.5. The standard InChI is InChI=1S/C18H29N3O2/c1-15(9-11-22)12-19-18(23)20-17-8-5-10-21(14-17)13-16-6-3-2-4-7-16/h2-4,6-7,15,17,22H,5,8-14H2,1H3,(H2,19,20,23). The molecule has 0 aromatic heterocycles. The van der Waals surface area contributed by atoms with Crippen LogP contribution in [0.25, 0.3) is 0 Å². The lowest BCUT2D eigenvalue weighted by Gasteiger charge is -2.33. The molecular weight excluding hydrogens is 290 g/mol. The molecule has 0 saturated carbocycles. The Morgan fingerprint density at radius 2 is 2.17 bits per heavy atom. The van der Waals surface area contributed by atoms with Crippen molar-refractivity contribution in [3.8, 4) is 0 Å². The number of rotatable bonds is 7. The van der Waals surface area contributed by atoms with Gasteiger partial charge >= 0.3 is 6.03 Å². The van der Waals surface area contributed by atoms with E-state index in [1.54, 1.807) is 0 Å². The molecule has 23 heavy (non-hydrogen) atoms. The quantitative estimate of drug-likeness (QED) is 0.720. The van der Waals surface area contributed by atoms with Crippen LogP contribution in [-0.4, -0.2) is 48.3 Å². The van der Waals surface area contributed by atoms with Gasteiger partial charge in [-0.2, -0.15) is 0 Å². The first-order chi connectivity index (χ1) is 11.2. The van der Waals surface area contributed by atoms with Crippen molar-refractivity contribution in [1.29, 1.82) is 0 Å². The van der Waals surface area contributed by atoms with Crippen molar-refractivity contribution in [2.45, 2.75) is 38.8 Å². The van der Waals surface area contributed by atoms with Crippen molar-refractivity contribution >= 4 is 6.03 Å². The fourth-order valence-electron chi connectivity index (χ4n) is 2.98. The Morgan fingerprint density at radius 1 is 1.39 bits per heavy atom. The number of likely N-dealkylation sites (tertiary alicyclic amines) is 1. The Kier molecular flexibility index (Phi) is 7.36. The van der Waals surface area contributed by atoms with Crippen molar-refractivity contribution < 1.29 is 9.90 Å². The van der Waals surface area contributed by atoms with E-state index < -0.39 is 0 Å². The maximum Gasteiger partial charge on any atom is 0.315 e. The highest BCUT2D eigenvalue weighted by atomic mass is 16.3. The van der Waals surface area contributed by atoms with E-state index in [1.807, 2.05) is 13.0 Å². The number of amides is 2. The van der Waals surface area contributed by atoms with Gasteiger partial charge in [0.05, 0.1) is 0 Å². The molecule has 1 aromatic carbocycles. The highest BCUT2D eigenvalue weighted by Gasteiger charge is 2.21. The lowest BCUT2D eigenvalue weighted by atomic mass is 10.0. The van der Waals surface area contributed by atoms with Crippen LogP contribution in [0, 0.1) is 5.92 Å². The molecule has 2 rings (SSSR count). The smallest absolute Gasteiger partial charge is 0.315 e. The fourth-order valence-corrected chi connectivity index (χ4v) is 2.98. The van der Waals surface area contributed by atoms with Gasteiger partial charge in [0.2, 0.25) is 0 Å². The summed E-state index contributed by atoms with van der Waals surface area (Å²) in [5, 5.41) is 14.9. The van der Waals surface area contributed by atoms with Crippen LogP contribution in [0.2, 0.25) is 0 Å². The normalized spacial score (nSPS) is 20.0. The Hall–Kier alpha value is -1.59. The van der Waals surface area contributed by atoms with Gasteiger partial charge in [0.15, 0.2) is 0 Å². The summed E-state index contributed by atoms with van der Waals surface area (Å²) in [6.45, 7) is 5.72. The number of carbonyl (C=O) groups excluding carboxylic acids is 1. The number of aliphatic hydroxyl groups is 1. The van der Waals surface area contributed by atoms with Gasteiger partial charge in [0.1, 0.15) is 0 Å². The summed E-state index contributed by atoms with van der Waals surface area (Å²) < 4.78 is 0. The molecule has 5 nitrogen and oxygen atoms in total. The third kappa shape index (κ3) is 6.59. The van der Waals surface area contributed by atoms with E-state index in [4.69, 9.17) is 5.11 Å². The highest BCUT2D eigenvalue weighted by Crippen LogP contribution is 2.13. The zero-order valence-electron chi connectivity index (χ0n) is 14.0. The van der Waals surface area contributed by atoms with E-state index in [0.717, 1.165) is 32.5 Å². The van der Waals surface area contributed by atoms with E-state index in [2.05, 4.69) is 39.8 Å². The summed E-state index contributed by atoms with van der Waals surface area (Å²) in [7, 11) is 0. The molecule has 3 N–H and O–H groups in total. The monoisotopic (exact) mass is 319 g/mol. The first-order valence-corrected chi connectivity index (χ1v) is 8.59. The van der Waals surface area contributed by atoms with Gasteiger partial charge in [-0.15, -0.1) is 0 Å². The molecule has 1 aliphatic rings. The first-order valence-electron chi connectivity index (χ1n) is 8.59. The average Bonchev–Trinajstić information content (AvgIpc) is 2.55. The van der Waals surface area contributed by atoms with Crippen LogP contribution in [0.15, 0.2) is 30.3 Å². The largest absolute Gasteiger partial charge is 0.396 e. The Labute approximate surface area is 139 Å². The predicted octanol–water partition coefficient (Wildman–Crippen LogP) is 1.97. The molecule has 1 aliphatic heterocycles. The molecule has 128 valence electrons. The van der Waals surface area contributed by atoms with Crippen LogP contribution >= 0.6 is 0 Å². The SMILES string of the molecule is CC(CCO)CNC(=O)NC1CCCN(Cc2ccccc2)C1. The van der Waals surface area contributed by atoms with Crippen LogP contribution in [0.5, 0.6) is 0 Å². The van der Waals surface area contributed by atoms with Crippen molar-refractivity contribution in [3.05, 3.63) is 35.9 Å². The number of carbonyl (C=O) groups is 1. The zero-order valence-corrected chi connectivity index (χ0v) is 14.0. The van der Waals surface area contributed by atoms with Crippen LogP contribution in [0.4, 0.5) is 4.79 Å². The third-order valence-corrected chi connectivity index (χ3v) is 4.32. The van der Waals surface area contributed by atoms with E-state index in [0.29, 0.717) is 18.9 Å². The number of nitrogens with one attached hydrogen (secondary N) is 2. The van der Waals surface area contributed by atoms with Gasteiger partial charge in [-0.3, -0.25) is 4.90 Å². The van der Waals surface area contributed by atoms with Crippen molar-refractivity contribution in [1.82, 2.24) is 15.5 Å². The molecule has 1 fully saturated rings. The molecule has 0 aliphatic carbocycles. The summed E-state index contributed by atoms with van der Waals surface area (Å²) in [6.07, 6.45) is 2.86. The second-order valence-electron chi connectivity index (χ2n) is 6.53. The van der Waals surface area contributed by atoms with Gasteiger partial charge in [0, 0.05) is 32.3 Å². The average molecular weight is 319 g/mol. The third-order valence-electron chi connectivity index (χ3n) is 4.32. The Balaban J connectivity index is 1.72. The predicted molar refractivity (Wildman–Crippen MR) is 92.1 cm³/mol. The van der Waals surface area contributed by atoms with E-state index in [1.165, 1.54) is 5.56 Å². The minimum atomic E-state index is -0.0960. The number of benzene rings is 1. The maximum atomic E-state index is 12.0. The maximum absolute atomic E-state index is 12.0. The van der Waals surface area contributed by atoms with Gasteiger partial charge < -0.3 is 15.7 Å². The summed E-state index contributed by atoms with van der Waals surface area (Å²) in [5.41, 5.74) is 1.32. The Bertz CT molecular complexity index is 467. The van der Waals surface area contributed by atoms with E-state index >= 15 is 0 Å². The van der Waals surface area contributed by atoms with Crippen molar-refractivity contribution in [3.63, 3.8) is 0 Å². The number of hydrogen-bond acceptors (Lipinski definition) is 3. The number of hydrogen-bond donors (Lipinski definition) is 3. The van der Waals surface area contributed by atoms with Gasteiger partial charge in [0.25, 0.3) is 0 Å². The summed E-state index contributed by atoms with van der Waals surface area (Å²) in [5.74, 6) is 0.298. The fraction of sp³-hybridized carbons (Fsp3) is 0.611. The molecule has 1 aromatic rings. The molecule has 2 atom stereocenters. The lowest BCUT2D eigenvalue weighted by molar-refractivity contribution is 0.179. The summed E-state index contributed by atoms with van der Waals surface area (Å²) in [4.78, 5) is 14.4. The molecule has 5 heteroatoms. The topological polar surface area (TPSA) is 64.6 Å². The van der Waals surface area contributed by atoms with Crippen LogP contribution in [0.3, 0.4) is 0 Å². The van der Waals surface area contributed by atoms with Gasteiger partial charge in [-0.1, -0.05) is 37.3 Å². The number of aliphatic hydroxyl groups excluding tert-OH is 1. The molecule has 1 heterocycles. The van der Waals surface area contributed by atoms with Crippen LogP contribution in [-0.2, 0) is 6.54 Å². The van der Waals surface area contributed by atoms with Gasteiger partial charge in [-0.05, 0) is 37.3 Å². The molecule has 0 radical (unpaired) electrons. The van der Waals surface area contributed by atoms with Crippen LogP contribution < -0.4 is 10.6 Å². The van der Waals surface area contributed by atoms with E-state index in [-0.39, 0.29) is 18.7 Å². The minimum absolute atomic E-state index is 0.0960. The Morgan fingerprint density at radius 3 is 2.91 bits per heavy atom. The molecule has 0 bridgehead atoms. The van der Waals surface area contributed by atoms with Crippen LogP contribution in [0.1, 0.15) is 31.7 Å². The first kappa shape index (κ1) is 17.8. The van der Waals surface area contributed by atoms with Gasteiger partial charge in [-0.25, -0.2) is 4.79 Å². The summed E-state index contributed by atoms with van der Waals surface area (Å²) in [6, 6.07) is 10.6. The number of urea groups is 1. The molecule has 2 unspecified atom stereocenters. The second-order valence-corrected chi connectivity index (χ2v) is 6.53. The minimum Gasteiger partial charge on any atom is -0.396 e. The number of piperidine rings is 1. The van der Waals surface area contributed by atoms with Crippen molar-refractivity contribution in [2.75, 3.05) is 26.2 Å². The molecule has 0 spiro atoms. The molecular formula is C18H29N3O2. The highest BCUT2D eigenvalue weighted by molar-refractivity contribution is 5.74. The second kappa shape index (κ2) is 9.53. The van der Waals surface area contributed by atoms with E-state index in [9.17, 15) is 4.79 Å². The lowest BCUT2D eigenvalue weighted by Crippen LogP contribution is -2.50. The number of nitrogens with zero attached hydrogens (tertiary/aromatic N) is 1. The summed E-state index contributed by atoms with van der Waals surface area (Å²) >= 11 is 0. The molecule has 2 amide bonds.